The predicted octanol–water partition coefficient (Wildman–Crippen LogP) is -1.19. The molecule has 0 unspecified atom stereocenters. The largest absolute Gasteiger partial charge is 0.550 e. The number of hydrogen-bond acceptors (Lipinski definition) is 11. The lowest BCUT2D eigenvalue weighted by Crippen LogP contribution is -2.44. The summed E-state index contributed by atoms with van der Waals surface area (Å²) in [5.41, 5.74) is 3.19. The van der Waals surface area contributed by atoms with Gasteiger partial charge < -0.3 is 36.1 Å². The fourth-order valence-electron chi connectivity index (χ4n) is 5.56. The second kappa shape index (κ2) is 12.9. The van der Waals surface area contributed by atoms with Gasteiger partial charge in [0.05, 0.1) is 21.7 Å². The van der Waals surface area contributed by atoms with Gasteiger partial charge in [-0.05, 0) is 52.7 Å². The molecule has 1 aromatic heterocycles. The molecule has 5 N–H and O–H groups in total. The first-order chi connectivity index (χ1) is 21.2. The summed E-state index contributed by atoms with van der Waals surface area (Å²) in [5, 5.41) is 28.8. The summed E-state index contributed by atoms with van der Waals surface area (Å²) in [6.07, 6.45) is -1.11. The molecule has 15 heteroatoms. The summed E-state index contributed by atoms with van der Waals surface area (Å²) in [4.78, 5) is 82.4. The van der Waals surface area contributed by atoms with E-state index in [0.717, 1.165) is 4.57 Å². The number of aliphatic carboxylic acids is 1. The number of anilines is 1. The Hall–Kier alpha value is -5.05. The van der Waals surface area contributed by atoms with Gasteiger partial charge in [0.25, 0.3) is 16.7 Å². The van der Waals surface area contributed by atoms with Gasteiger partial charge in [-0.3, -0.25) is 38.1 Å². The first kappa shape index (κ1) is 32.9. The molecule has 1 atom stereocenters. The lowest BCUT2D eigenvalue weighted by molar-refractivity contribution is -0.305. The number of methoxy groups -OCH3 is 1. The van der Waals surface area contributed by atoms with Gasteiger partial charge in [0, 0.05) is 60.3 Å². The van der Waals surface area contributed by atoms with Crippen LogP contribution in [0, 0.1) is 0 Å². The number of benzene rings is 2. The van der Waals surface area contributed by atoms with Crippen molar-refractivity contribution in [3.05, 3.63) is 48.6 Å². The van der Waals surface area contributed by atoms with Gasteiger partial charge in [-0.25, -0.2) is 0 Å². The molecular weight excluding hydrogens is 588 g/mol. The number of carbonyl (C=O) groups is 3. The van der Waals surface area contributed by atoms with Crippen molar-refractivity contribution in [3.63, 3.8) is 0 Å². The third-order valence-corrected chi connectivity index (χ3v) is 7.26. The summed E-state index contributed by atoms with van der Waals surface area (Å²) >= 11 is 0. The summed E-state index contributed by atoms with van der Waals surface area (Å²) in [5.74, 6) is -3.47. The number of aromatic hydroxyl groups is 1. The normalized spacial score (nSPS) is 13.0. The number of amides is 2. The molecule has 0 saturated heterocycles. The number of aromatic nitrogens is 2. The molecule has 0 radical (unpaired) electrons. The van der Waals surface area contributed by atoms with Gasteiger partial charge in [0.15, 0.2) is 0 Å². The third-order valence-electron chi connectivity index (χ3n) is 7.26. The third kappa shape index (κ3) is 6.16. The molecule has 2 amide bonds. The Kier molecular flexibility index (Phi) is 9.42. The second-order valence-corrected chi connectivity index (χ2v) is 11.3. The van der Waals surface area contributed by atoms with E-state index in [9.17, 15) is 39.0 Å². The summed E-state index contributed by atoms with van der Waals surface area (Å²) in [6, 6.07) is 0.590. The Morgan fingerprint density at radius 3 is 2.31 bits per heavy atom. The van der Waals surface area contributed by atoms with Crippen LogP contribution in [0.5, 0.6) is 5.88 Å². The van der Waals surface area contributed by atoms with Crippen molar-refractivity contribution in [1.82, 2.24) is 14.5 Å². The number of carboxylic acids is 1. The van der Waals surface area contributed by atoms with Crippen LogP contribution in [0.4, 0.5) is 5.69 Å². The smallest absolute Gasteiger partial charge is 0.264 e. The van der Waals surface area contributed by atoms with Crippen LogP contribution in [-0.4, -0.2) is 64.4 Å². The van der Waals surface area contributed by atoms with Crippen LogP contribution in [-0.2, 0) is 25.7 Å². The number of nitrogens with zero attached hydrogens (tertiary/aromatic N) is 3. The zero-order chi connectivity index (χ0) is 33.3. The van der Waals surface area contributed by atoms with Crippen molar-refractivity contribution >= 4 is 45.0 Å². The molecule has 2 aromatic rings. The van der Waals surface area contributed by atoms with E-state index in [1.165, 1.54) is 19.2 Å². The highest BCUT2D eigenvalue weighted by atomic mass is 16.5. The van der Waals surface area contributed by atoms with Crippen LogP contribution in [0.3, 0.4) is 0 Å². The lowest BCUT2D eigenvalue weighted by atomic mass is 9.89. The minimum atomic E-state index is -1.61. The van der Waals surface area contributed by atoms with E-state index in [1.54, 1.807) is 27.7 Å². The highest BCUT2D eigenvalue weighted by Gasteiger charge is 2.32. The molecule has 0 bridgehead atoms. The molecular formula is C30H35N6O9-. The van der Waals surface area contributed by atoms with Crippen LogP contribution >= 0.6 is 0 Å². The fourth-order valence-corrected chi connectivity index (χ4v) is 5.56. The standard InChI is InChI=1S/C30H36N6O9/c1-13(2)33-17-11-16-23-22-15(27(41)35(29(43)24(17)22)9-8-32-20(37)12-45-5)10-18(34-14(3)4)25(23)30(44)36(28(16)42)19(26(31)40)6-7-21(38)39/h10-11,13-14,19,34,41H,6-9,12H2,1-5H3,(H2,31,40)(H,32,37)(H,38,39)/p-1/t19-/m0/s1. The molecule has 0 spiro atoms. The number of pyridine rings is 2. The topological polar surface area (TPSA) is 227 Å². The molecule has 2 heterocycles. The Balaban J connectivity index is 2.21. The van der Waals surface area contributed by atoms with E-state index >= 15 is 0 Å². The molecule has 15 nitrogen and oxygen atoms in total. The Bertz CT molecular complexity index is 2000. The maximum absolute atomic E-state index is 14.1. The van der Waals surface area contributed by atoms with Crippen LogP contribution in [0.25, 0.3) is 32.7 Å². The molecule has 1 aromatic carbocycles. The number of carboxylic acid groups (broad SMARTS) is 1. The highest BCUT2D eigenvalue weighted by molar-refractivity contribution is 6.19. The van der Waals surface area contributed by atoms with E-state index in [4.69, 9.17) is 10.5 Å². The number of hydrogen-bond donors (Lipinski definition) is 4. The van der Waals surface area contributed by atoms with E-state index in [2.05, 4.69) is 15.6 Å². The van der Waals surface area contributed by atoms with Gasteiger partial charge in [-0.2, -0.15) is 0 Å². The van der Waals surface area contributed by atoms with Crippen molar-refractivity contribution in [2.24, 2.45) is 10.7 Å². The van der Waals surface area contributed by atoms with Gasteiger partial charge in [0.2, 0.25) is 17.7 Å². The second-order valence-electron chi connectivity index (χ2n) is 11.3. The molecule has 1 aliphatic carbocycles. The summed E-state index contributed by atoms with van der Waals surface area (Å²) in [6.45, 7) is 6.77. The minimum absolute atomic E-state index is 0.0211. The molecule has 240 valence electrons. The molecule has 1 aliphatic heterocycles. The van der Waals surface area contributed by atoms with Crippen molar-refractivity contribution in [2.75, 3.05) is 25.6 Å². The number of carbonyl (C=O) groups excluding carboxylic acids is 3. The molecule has 0 fully saturated rings. The van der Waals surface area contributed by atoms with Crippen LogP contribution < -0.4 is 43.5 Å². The van der Waals surface area contributed by atoms with Crippen LogP contribution in [0.2, 0.25) is 0 Å². The first-order valence-corrected chi connectivity index (χ1v) is 14.3. The zero-order valence-electron chi connectivity index (χ0n) is 25.6. The SMILES string of the molecule is COCC(=O)NCCn1c(O)c2cc(NC(C)C)c3c4c2c(c(=NC(C)C)cc-4c(=O)n([C@@H](CCC(=O)[O-])C(N)=O)c3=O)c1=O. The fraction of sp³-hybridized carbons (Fsp3) is 0.433. The Morgan fingerprint density at radius 1 is 1.04 bits per heavy atom. The van der Waals surface area contributed by atoms with Crippen molar-refractivity contribution in [2.45, 2.75) is 65.2 Å². The molecule has 0 saturated carbocycles. The number of nitrogens with two attached hydrogens (primary N) is 1. The summed E-state index contributed by atoms with van der Waals surface area (Å²) in [7, 11) is 1.36. The monoisotopic (exact) mass is 623 g/mol. The number of rotatable bonds is 13. The molecule has 2 aliphatic rings. The van der Waals surface area contributed by atoms with Crippen LogP contribution in [0.1, 0.15) is 46.6 Å². The number of nitrogens with one attached hydrogen (secondary N) is 2. The quantitative estimate of drug-likeness (QED) is 0.130. The Morgan fingerprint density at radius 2 is 1.73 bits per heavy atom. The maximum atomic E-state index is 14.1. The minimum Gasteiger partial charge on any atom is -0.550 e. The lowest BCUT2D eigenvalue weighted by Gasteiger charge is -2.24. The van der Waals surface area contributed by atoms with Crippen molar-refractivity contribution < 1.29 is 29.3 Å². The molecule has 4 rings (SSSR count). The van der Waals surface area contributed by atoms with Gasteiger partial charge in [-0.15, -0.1) is 0 Å². The maximum Gasteiger partial charge on any atom is 0.264 e. The predicted molar refractivity (Wildman–Crippen MR) is 164 cm³/mol. The average Bonchev–Trinajstić information content (AvgIpc) is 2.93. The van der Waals surface area contributed by atoms with E-state index in [-0.39, 0.29) is 75.5 Å². The van der Waals surface area contributed by atoms with E-state index in [0.29, 0.717) is 4.57 Å². The number of ether oxygens (including phenoxy) is 1. The van der Waals surface area contributed by atoms with Crippen molar-refractivity contribution in [1.29, 1.82) is 0 Å². The van der Waals surface area contributed by atoms with E-state index in [1.807, 2.05) is 0 Å². The van der Waals surface area contributed by atoms with Gasteiger partial charge >= 0.3 is 0 Å². The van der Waals surface area contributed by atoms with Gasteiger partial charge in [0.1, 0.15) is 12.6 Å². The van der Waals surface area contributed by atoms with Crippen molar-refractivity contribution in [3.8, 4) is 17.0 Å². The molecule has 45 heavy (non-hydrogen) atoms. The zero-order valence-corrected chi connectivity index (χ0v) is 25.6. The van der Waals surface area contributed by atoms with Gasteiger partial charge in [-0.1, -0.05) is 0 Å². The van der Waals surface area contributed by atoms with Crippen LogP contribution in [0.15, 0.2) is 31.5 Å². The average molecular weight is 624 g/mol. The number of primary amides is 1. The van der Waals surface area contributed by atoms with E-state index < -0.39 is 59.2 Å². The first-order valence-electron chi connectivity index (χ1n) is 14.3. The Labute approximate surface area is 256 Å². The summed E-state index contributed by atoms with van der Waals surface area (Å²) < 4.78 is 6.52. The highest BCUT2D eigenvalue weighted by Crippen LogP contribution is 2.41.